The van der Waals surface area contributed by atoms with Crippen LogP contribution in [0.1, 0.15) is 25.3 Å². The van der Waals surface area contributed by atoms with Crippen LogP contribution in [0, 0.1) is 16.0 Å². The molecule has 1 fully saturated rings. The van der Waals surface area contributed by atoms with Crippen LogP contribution in [0.3, 0.4) is 0 Å². The number of nitro groups is 1. The minimum absolute atomic E-state index is 0.0707. The first kappa shape index (κ1) is 20.9. The second-order valence-electron chi connectivity index (χ2n) is 6.65. The number of piperidine rings is 1. The van der Waals surface area contributed by atoms with Crippen LogP contribution >= 0.6 is 0 Å². The van der Waals surface area contributed by atoms with E-state index in [-0.39, 0.29) is 23.6 Å². The average Bonchev–Trinajstić information content (AvgIpc) is 2.64. The summed E-state index contributed by atoms with van der Waals surface area (Å²) in [7, 11) is 1.80. The molecule has 0 aromatic heterocycles. The summed E-state index contributed by atoms with van der Waals surface area (Å²) in [5.74, 6) is -0.280. The van der Waals surface area contributed by atoms with Crippen molar-refractivity contribution in [2.24, 2.45) is 5.92 Å². The van der Waals surface area contributed by atoms with Crippen molar-refractivity contribution < 1.29 is 22.9 Å². The third kappa shape index (κ3) is 5.31. The maximum atomic E-state index is 12.8. The molecule has 0 spiro atoms. The monoisotopic (exact) mass is 388 g/mol. The van der Waals surface area contributed by atoms with Gasteiger partial charge in [0, 0.05) is 37.7 Å². The summed E-state index contributed by atoms with van der Waals surface area (Å²) >= 11 is 0. The van der Waals surface area contributed by atoms with Crippen LogP contribution < -0.4 is 15.5 Å². The summed E-state index contributed by atoms with van der Waals surface area (Å²) in [5.41, 5.74) is -1.47. The standard InChI is InChI=1S/C17H23F3N4O3/c1-11(21-2)10-22-16(25)12-5-7-23(8-6-12)14-4-3-13(17(18,19)20)9-15(14)24(26)27/h3-4,9,11-12,21H,5-8,10H2,1-2H3,(H,22,25). The van der Waals surface area contributed by atoms with E-state index in [9.17, 15) is 28.1 Å². The normalized spacial score (nSPS) is 16.9. The maximum Gasteiger partial charge on any atom is 0.416 e. The summed E-state index contributed by atoms with van der Waals surface area (Å²) in [6.07, 6.45) is -3.67. The molecule has 0 bridgehead atoms. The molecule has 1 saturated heterocycles. The first-order valence-corrected chi connectivity index (χ1v) is 8.69. The first-order valence-electron chi connectivity index (χ1n) is 8.69. The van der Waals surface area contributed by atoms with Crippen LogP contribution in [-0.2, 0) is 11.0 Å². The predicted octanol–water partition coefficient (Wildman–Crippen LogP) is 2.55. The highest BCUT2D eigenvalue weighted by molar-refractivity contribution is 5.79. The van der Waals surface area contributed by atoms with Gasteiger partial charge in [-0.2, -0.15) is 13.2 Å². The van der Waals surface area contributed by atoms with Gasteiger partial charge in [0.1, 0.15) is 5.69 Å². The molecule has 1 aliphatic heterocycles. The lowest BCUT2D eigenvalue weighted by atomic mass is 9.95. The Hall–Kier alpha value is -2.36. The second kappa shape index (κ2) is 8.55. The van der Waals surface area contributed by atoms with E-state index in [4.69, 9.17) is 0 Å². The van der Waals surface area contributed by atoms with E-state index < -0.39 is 22.4 Å². The fourth-order valence-electron chi connectivity index (χ4n) is 3.00. The minimum atomic E-state index is -4.64. The fraction of sp³-hybridized carbons (Fsp3) is 0.588. The Kier molecular flexibility index (Phi) is 6.63. The van der Waals surface area contributed by atoms with Gasteiger partial charge in [-0.25, -0.2) is 0 Å². The Labute approximate surface area is 155 Å². The highest BCUT2D eigenvalue weighted by Gasteiger charge is 2.34. The van der Waals surface area contributed by atoms with E-state index in [0.29, 0.717) is 38.5 Å². The van der Waals surface area contributed by atoms with E-state index in [2.05, 4.69) is 10.6 Å². The number of hydrogen-bond donors (Lipinski definition) is 2. The van der Waals surface area contributed by atoms with Crippen LogP contribution in [0.5, 0.6) is 0 Å². The molecule has 7 nitrogen and oxygen atoms in total. The van der Waals surface area contributed by atoms with Crippen LogP contribution in [0.2, 0.25) is 0 Å². The Morgan fingerprint density at radius 3 is 2.52 bits per heavy atom. The largest absolute Gasteiger partial charge is 0.416 e. The number of halogens is 3. The molecule has 1 amide bonds. The van der Waals surface area contributed by atoms with Crippen molar-refractivity contribution in [2.75, 3.05) is 31.6 Å². The molecule has 1 heterocycles. The predicted molar refractivity (Wildman–Crippen MR) is 94.6 cm³/mol. The SMILES string of the molecule is CNC(C)CNC(=O)C1CCN(c2ccc(C(F)(F)F)cc2[N+](=O)[O-])CC1. The number of nitrogens with one attached hydrogen (secondary N) is 2. The smallest absolute Gasteiger partial charge is 0.366 e. The lowest BCUT2D eigenvalue weighted by Crippen LogP contribution is -2.44. The number of amides is 1. The summed E-state index contributed by atoms with van der Waals surface area (Å²) in [6.45, 7) is 3.17. The van der Waals surface area contributed by atoms with Crippen molar-refractivity contribution in [1.29, 1.82) is 0 Å². The zero-order chi connectivity index (χ0) is 20.2. The lowest BCUT2D eigenvalue weighted by molar-refractivity contribution is -0.384. The average molecular weight is 388 g/mol. The molecule has 1 aromatic rings. The van der Waals surface area contributed by atoms with E-state index in [1.54, 1.807) is 11.9 Å². The van der Waals surface area contributed by atoms with Crippen molar-refractivity contribution in [1.82, 2.24) is 10.6 Å². The molecule has 1 aromatic carbocycles. The molecule has 150 valence electrons. The molecule has 1 unspecified atom stereocenters. The lowest BCUT2D eigenvalue weighted by Gasteiger charge is -2.33. The number of anilines is 1. The number of benzene rings is 1. The number of nitro benzene ring substituents is 1. The molecular formula is C17H23F3N4O3. The van der Waals surface area contributed by atoms with E-state index in [0.717, 1.165) is 12.1 Å². The summed E-state index contributed by atoms with van der Waals surface area (Å²) in [4.78, 5) is 24.3. The highest BCUT2D eigenvalue weighted by atomic mass is 19.4. The van der Waals surface area contributed by atoms with Crippen LogP contribution in [-0.4, -0.2) is 43.6 Å². The highest BCUT2D eigenvalue weighted by Crippen LogP contribution is 2.37. The Morgan fingerprint density at radius 1 is 1.37 bits per heavy atom. The van der Waals surface area contributed by atoms with Crippen molar-refractivity contribution in [3.05, 3.63) is 33.9 Å². The van der Waals surface area contributed by atoms with Crippen LogP contribution in [0.15, 0.2) is 18.2 Å². The minimum Gasteiger partial charge on any atom is -0.366 e. The zero-order valence-corrected chi connectivity index (χ0v) is 15.2. The number of alkyl halides is 3. The van der Waals surface area contributed by atoms with Gasteiger partial charge in [0.05, 0.1) is 10.5 Å². The van der Waals surface area contributed by atoms with E-state index in [1.807, 2.05) is 6.92 Å². The topological polar surface area (TPSA) is 87.5 Å². The molecule has 2 N–H and O–H groups in total. The molecule has 0 saturated carbocycles. The van der Waals surface area contributed by atoms with E-state index >= 15 is 0 Å². The number of hydrogen-bond acceptors (Lipinski definition) is 5. The Morgan fingerprint density at radius 2 is 2.00 bits per heavy atom. The fourth-order valence-corrected chi connectivity index (χ4v) is 3.00. The van der Waals surface area contributed by atoms with Crippen LogP contribution in [0.25, 0.3) is 0 Å². The molecule has 2 rings (SSSR count). The maximum absolute atomic E-state index is 12.8. The van der Waals surface area contributed by atoms with Gasteiger partial charge in [-0.3, -0.25) is 14.9 Å². The van der Waals surface area contributed by atoms with Gasteiger partial charge >= 0.3 is 6.18 Å². The van der Waals surface area contributed by atoms with Gasteiger partial charge in [0.15, 0.2) is 0 Å². The number of likely N-dealkylation sites (N-methyl/N-ethyl adjacent to an activating group) is 1. The third-order valence-corrected chi connectivity index (χ3v) is 4.78. The van der Waals surface area contributed by atoms with Gasteiger partial charge in [0.2, 0.25) is 5.91 Å². The number of rotatable bonds is 6. The van der Waals surface area contributed by atoms with Gasteiger partial charge in [-0.15, -0.1) is 0 Å². The van der Waals surface area contributed by atoms with Crippen LogP contribution in [0.4, 0.5) is 24.5 Å². The van der Waals surface area contributed by atoms with Gasteiger partial charge < -0.3 is 15.5 Å². The Bertz CT molecular complexity index is 688. The third-order valence-electron chi connectivity index (χ3n) is 4.78. The molecule has 0 aliphatic carbocycles. The van der Waals surface area contributed by atoms with Crippen molar-refractivity contribution >= 4 is 17.3 Å². The number of carbonyl (C=O) groups excluding carboxylic acids is 1. The van der Waals surface area contributed by atoms with E-state index in [1.165, 1.54) is 0 Å². The summed E-state index contributed by atoms with van der Waals surface area (Å²) < 4.78 is 38.4. The molecule has 1 aliphatic rings. The zero-order valence-electron chi connectivity index (χ0n) is 15.2. The molecule has 1 atom stereocenters. The second-order valence-corrected chi connectivity index (χ2v) is 6.65. The molecule has 27 heavy (non-hydrogen) atoms. The summed E-state index contributed by atoms with van der Waals surface area (Å²) in [6, 6.07) is 2.69. The van der Waals surface area contributed by atoms with Gasteiger partial charge in [0.25, 0.3) is 5.69 Å². The quantitative estimate of drug-likeness (QED) is 0.578. The number of nitrogens with zero attached hydrogens (tertiary/aromatic N) is 2. The van der Waals surface area contributed by atoms with Gasteiger partial charge in [-0.05, 0) is 38.9 Å². The molecule has 0 radical (unpaired) electrons. The first-order chi connectivity index (χ1) is 12.6. The van der Waals surface area contributed by atoms with Crippen molar-refractivity contribution in [2.45, 2.75) is 32.0 Å². The number of carbonyl (C=O) groups is 1. The summed E-state index contributed by atoms with van der Waals surface area (Å²) in [5, 5.41) is 17.1. The van der Waals surface area contributed by atoms with Crippen molar-refractivity contribution in [3.63, 3.8) is 0 Å². The molecular weight excluding hydrogens is 365 g/mol. The van der Waals surface area contributed by atoms with Gasteiger partial charge in [-0.1, -0.05) is 0 Å². The van der Waals surface area contributed by atoms with Crippen molar-refractivity contribution in [3.8, 4) is 0 Å². The Balaban J connectivity index is 2.05. The molecule has 10 heteroatoms.